The second-order valence-corrected chi connectivity index (χ2v) is 30.6. The van der Waals surface area contributed by atoms with Gasteiger partial charge < -0.3 is 111 Å². The van der Waals surface area contributed by atoms with Crippen molar-refractivity contribution in [2.75, 3.05) is 24.7 Å². The molecule has 14 amide bonds. The highest BCUT2D eigenvalue weighted by Gasteiger charge is 2.39. The zero-order valence-electron chi connectivity index (χ0n) is 62.3. The minimum absolute atomic E-state index is 0.0422. The Bertz CT molecular complexity index is 4040. The molecular formula is C71H100N18O19S2. The maximum Gasteiger partial charge on any atom is 0.305 e. The summed E-state index contributed by atoms with van der Waals surface area (Å²) in [5.74, 6) is -19.5. The van der Waals surface area contributed by atoms with Crippen LogP contribution in [0.5, 0.6) is 0 Å². The number of fused-ring (bicyclic) bond motifs is 2. The lowest BCUT2D eigenvalue weighted by Gasteiger charge is -2.29. The van der Waals surface area contributed by atoms with Crippen LogP contribution in [0.3, 0.4) is 0 Å². The summed E-state index contributed by atoms with van der Waals surface area (Å²) >= 11 is 0. The van der Waals surface area contributed by atoms with E-state index in [-0.39, 0.29) is 50.6 Å². The van der Waals surface area contributed by atoms with E-state index in [9.17, 15) is 82.4 Å². The van der Waals surface area contributed by atoms with Crippen LogP contribution in [0.1, 0.15) is 112 Å². The zero-order chi connectivity index (χ0) is 81.2. The number of para-hydroxylation sites is 2. The van der Waals surface area contributed by atoms with E-state index < -0.39 is 216 Å². The third-order valence-corrected chi connectivity index (χ3v) is 20.0. The number of nitrogens with two attached hydrogens (primary N) is 1. The molecule has 1 fully saturated rings. The van der Waals surface area contributed by atoms with E-state index in [2.05, 4.69) is 89.7 Å². The summed E-state index contributed by atoms with van der Waals surface area (Å²) in [6.45, 7) is 12.8. The summed E-state index contributed by atoms with van der Waals surface area (Å²) in [7, 11) is 1.55. The Morgan fingerprint density at radius 1 is 0.564 bits per heavy atom. The summed E-state index contributed by atoms with van der Waals surface area (Å²) in [4.78, 5) is 230. The van der Waals surface area contributed by atoms with Crippen molar-refractivity contribution in [1.29, 1.82) is 0 Å². The molecular weight excluding hydrogens is 1470 g/mol. The molecule has 39 heteroatoms. The van der Waals surface area contributed by atoms with E-state index in [1.54, 1.807) is 109 Å². The van der Waals surface area contributed by atoms with Crippen molar-refractivity contribution in [3.8, 4) is 0 Å². The maximum atomic E-state index is 15.1. The number of carboxylic acid groups (broad SMARTS) is 2. The Labute approximate surface area is 641 Å². The van der Waals surface area contributed by atoms with E-state index in [0.717, 1.165) is 35.4 Å². The fourth-order valence-corrected chi connectivity index (χ4v) is 14.2. The predicted octanol–water partition coefficient (Wildman–Crippen LogP) is -2.86. The van der Waals surface area contributed by atoms with Crippen LogP contribution in [0.4, 0.5) is 0 Å². The lowest BCUT2D eigenvalue weighted by atomic mass is 9.98. The Morgan fingerprint density at radius 3 is 1.59 bits per heavy atom. The fraction of sp³-hybridized carbons (Fsp3) is 0.521. The van der Waals surface area contributed by atoms with Crippen molar-refractivity contribution in [1.82, 2.24) is 89.7 Å². The number of benzene rings is 2. The number of carboxylic acids is 2. The van der Waals surface area contributed by atoms with Crippen molar-refractivity contribution in [2.24, 2.45) is 23.5 Å². The van der Waals surface area contributed by atoms with Gasteiger partial charge in [-0.1, -0.05) is 99.5 Å². The molecule has 2 aliphatic rings. The van der Waals surface area contributed by atoms with Gasteiger partial charge in [0.05, 0.1) is 25.7 Å². The minimum Gasteiger partial charge on any atom is -0.481 e. The van der Waals surface area contributed by atoms with Crippen molar-refractivity contribution in [3.05, 3.63) is 83.9 Å². The van der Waals surface area contributed by atoms with Gasteiger partial charge in [-0.2, -0.15) is 0 Å². The average Bonchev–Trinajstić information content (AvgIpc) is 1.65. The van der Waals surface area contributed by atoms with Crippen LogP contribution in [-0.4, -0.2) is 223 Å². The van der Waals surface area contributed by atoms with Crippen LogP contribution in [0.2, 0.25) is 0 Å². The van der Waals surface area contributed by atoms with Gasteiger partial charge in [-0.25, -0.2) is 0 Å². The van der Waals surface area contributed by atoms with Crippen LogP contribution in [0.15, 0.2) is 72.8 Å². The number of hydrogen-bond acceptors (Lipinski definition) is 21. The second-order valence-electron chi connectivity index (χ2n) is 28.0. The third-order valence-electron chi connectivity index (χ3n) is 17.6. The highest BCUT2D eigenvalue weighted by molar-refractivity contribution is 8.76. The summed E-state index contributed by atoms with van der Waals surface area (Å²) in [6.07, 6.45) is 0.0216. The van der Waals surface area contributed by atoms with Gasteiger partial charge in [0.2, 0.25) is 82.7 Å². The zero-order valence-corrected chi connectivity index (χ0v) is 64.0. The SMILES string of the molecule is CC(=O)N[C@@H](CC(=O)O)C(=O)N[C@H]1CSSC[C@@H](C(=O)N[C@H](C(N)=O)C(C)O)NC(=O)[C@H](Cc2c[nH]c3ccccc23)NC(=O)[C@H](C(C)C)NC(=O)[C@H](CC(C)C)NC(=O)[C@H](CCC(=O)O)NC(=O)CNC(=O)[C@H](CC(C)C)NC(=O)[C@H](CC2=CNCN2)NC(=O)[C@H](Cc2c[nH]c3ccccc23)NC(=O)[C@H](C)NC1=O. The molecule has 1 saturated heterocycles. The topological polar surface area (TPSA) is 572 Å². The van der Waals surface area contributed by atoms with E-state index in [4.69, 9.17) is 5.73 Å². The summed E-state index contributed by atoms with van der Waals surface area (Å²) < 4.78 is 0. The molecule has 0 aliphatic carbocycles. The number of H-pyrrole nitrogens is 2. The second kappa shape index (κ2) is 42.1. The number of aromatic amines is 2. The van der Waals surface area contributed by atoms with Gasteiger partial charge in [0.1, 0.15) is 72.5 Å². The van der Waals surface area contributed by atoms with Gasteiger partial charge in [0.15, 0.2) is 0 Å². The number of aliphatic hydroxyl groups excluding tert-OH is 1. The maximum absolute atomic E-state index is 15.1. The van der Waals surface area contributed by atoms with Crippen LogP contribution >= 0.6 is 21.6 Å². The van der Waals surface area contributed by atoms with E-state index in [1.807, 2.05) is 0 Å². The summed E-state index contributed by atoms with van der Waals surface area (Å²) in [5.41, 5.74) is 8.25. The predicted molar refractivity (Wildman–Crippen MR) is 404 cm³/mol. The first-order chi connectivity index (χ1) is 52.0. The van der Waals surface area contributed by atoms with Crippen LogP contribution in [0.25, 0.3) is 21.8 Å². The molecule has 2 aromatic carbocycles. The van der Waals surface area contributed by atoms with Gasteiger partial charge in [0, 0.05) is 90.2 Å². The third kappa shape index (κ3) is 27.3. The van der Waals surface area contributed by atoms with Crippen LogP contribution in [-0.2, 0) is 89.6 Å². The first-order valence-corrected chi connectivity index (χ1v) is 38.3. The Balaban J connectivity index is 1.46. The van der Waals surface area contributed by atoms with Crippen molar-refractivity contribution >= 4 is 138 Å². The Morgan fingerprint density at radius 2 is 1.07 bits per heavy atom. The first kappa shape index (κ1) is 87.9. The number of aliphatic hydroxyl groups is 1. The highest BCUT2D eigenvalue weighted by atomic mass is 33.1. The smallest absolute Gasteiger partial charge is 0.305 e. The highest BCUT2D eigenvalue weighted by Crippen LogP contribution is 2.26. The van der Waals surface area contributed by atoms with Gasteiger partial charge in [0.25, 0.3) is 0 Å². The molecule has 4 aromatic rings. The molecule has 110 heavy (non-hydrogen) atoms. The molecule has 0 bridgehead atoms. The molecule has 13 atom stereocenters. The number of hydrogen-bond donors (Lipinski definition) is 21. The number of nitrogens with one attached hydrogen (secondary N) is 17. The van der Waals surface area contributed by atoms with Crippen LogP contribution < -0.4 is 85.5 Å². The lowest BCUT2D eigenvalue weighted by Crippen LogP contribution is -2.61. The van der Waals surface area contributed by atoms with Gasteiger partial charge in [-0.15, -0.1) is 0 Å². The molecule has 6 rings (SSSR count). The number of carbonyl (C=O) groups excluding carboxylic acids is 14. The quantitative estimate of drug-likeness (QED) is 0.0332. The van der Waals surface area contributed by atoms with Crippen molar-refractivity contribution < 1.29 is 92.0 Å². The number of carbonyl (C=O) groups is 16. The van der Waals surface area contributed by atoms with Crippen LogP contribution in [0, 0.1) is 17.8 Å². The molecule has 600 valence electrons. The number of amides is 14. The van der Waals surface area contributed by atoms with E-state index in [0.29, 0.717) is 38.6 Å². The number of primary amides is 1. The van der Waals surface area contributed by atoms with Crippen molar-refractivity contribution in [3.63, 3.8) is 0 Å². The van der Waals surface area contributed by atoms with E-state index >= 15 is 9.59 Å². The molecule has 2 aromatic heterocycles. The first-order valence-electron chi connectivity index (χ1n) is 35.8. The lowest BCUT2D eigenvalue weighted by molar-refractivity contribution is -0.141. The molecule has 37 nitrogen and oxygen atoms in total. The molecule has 0 spiro atoms. The normalized spacial score (nSPS) is 23.4. The Kier molecular flexibility index (Phi) is 33.7. The average molecular weight is 1570 g/mol. The monoisotopic (exact) mass is 1570 g/mol. The number of aromatic nitrogens is 2. The fourth-order valence-electron chi connectivity index (χ4n) is 11.9. The van der Waals surface area contributed by atoms with Gasteiger partial charge >= 0.3 is 11.9 Å². The largest absolute Gasteiger partial charge is 0.481 e. The minimum atomic E-state index is -1.77. The van der Waals surface area contributed by atoms with Gasteiger partial charge in [-0.3, -0.25) is 76.7 Å². The van der Waals surface area contributed by atoms with Crippen molar-refractivity contribution in [2.45, 2.75) is 192 Å². The summed E-state index contributed by atoms with van der Waals surface area (Å²) in [6, 6.07) is -5.43. The molecule has 1 unspecified atom stereocenters. The molecule has 2 aliphatic heterocycles. The van der Waals surface area contributed by atoms with E-state index in [1.165, 1.54) is 6.92 Å². The molecule has 0 radical (unpaired) electrons. The number of rotatable bonds is 23. The number of aliphatic carboxylic acids is 2. The summed E-state index contributed by atoms with van der Waals surface area (Å²) in [5, 5.41) is 70.3. The molecule has 22 N–H and O–H groups in total. The standard InChI is InChI=1S/C71H100N18O19S2/c1-33(2)20-47-62(99)76-29-55(92)80-46(18-19-56(93)94)63(100)83-48(21-34(3)4)68(105)88-58(35(5)6)71(108)85-50(23-40-27-75-45-17-13-11-15-43(40)45)65(102)87-54(70(107)89-59(37(8)90)60(72)97)31-110-109-30-53(86-67(104)52(25-57(95)96)79-38(9)91)69(106)78-36(7)61(98)81-49(22-39-26-74-44-16-12-10-14-42(39)44)64(101)84-51(66(103)82-47)24-41-28-73-32-77-41/h10-17,26-28,33-37,46-54,58-59,73-75,77,90H,18-25,29-32H2,1-9H3,(H2,72,97)(H,76,99)(H,78,106)(H,79,91)(H,80,92)(H,81,98)(H,82,103)(H,83,100)(H,84,101)(H,85,108)(H,86,104)(H,87,102)(H,88,105)(H,89,107)(H,93,94)(H,95,96)/t36-,37?,46-,47-,48-,49-,50-,51-,52-,53-,54-,58-,59-/m0/s1. The Hall–Kier alpha value is -11.0. The van der Waals surface area contributed by atoms with Gasteiger partial charge in [-0.05, 0) is 74.1 Å². The molecule has 4 heterocycles. The molecule has 0 saturated carbocycles.